The van der Waals surface area contributed by atoms with Crippen molar-refractivity contribution in [3.8, 4) is 0 Å². The van der Waals surface area contributed by atoms with Crippen molar-refractivity contribution < 1.29 is 4.79 Å². The highest BCUT2D eigenvalue weighted by Crippen LogP contribution is 2.17. The number of anilines is 2. The average molecular weight is 360 g/mol. The third kappa shape index (κ3) is 4.91. The zero-order valence-corrected chi connectivity index (χ0v) is 15.9. The Kier molecular flexibility index (Phi) is 5.81. The van der Waals surface area contributed by atoms with E-state index in [0.29, 0.717) is 18.3 Å². The number of hydrogen-bond acceptors (Lipinski definition) is 4. The van der Waals surface area contributed by atoms with Crippen LogP contribution in [0.2, 0.25) is 0 Å². The quantitative estimate of drug-likeness (QED) is 0.664. The van der Waals surface area contributed by atoms with Crippen LogP contribution in [0.5, 0.6) is 0 Å². The fraction of sp³-hybridized carbons (Fsp3) is 0.227. The number of rotatable bonds is 6. The molecule has 0 bridgehead atoms. The van der Waals surface area contributed by atoms with Crippen molar-refractivity contribution in [1.82, 2.24) is 9.97 Å². The number of hydrogen-bond donors (Lipinski definition) is 2. The summed E-state index contributed by atoms with van der Waals surface area (Å²) in [6.45, 7) is 7.01. The van der Waals surface area contributed by atoms with E-state index >= 15 is 0 Å². The zero-order valence-electron chi connectivity index (χ0n) is 15.9. The number of nitrogens with one attached hydrogen (secondary N) is 2. The van der Waals surface area contributed by atoms with Gasteiger partial charge in [0.15, 0.2) is 0 Å². The Morgan fingerprint density at radius 1 is 1.00 bits per heavy atom. The second kappa shape index (κ2) is 8.45. The Bertz CT molecular complexity index is 902. The molecule has 0 saturated heterocycles. The van der Waals surface area contributed by atoms with Crippen molar-refractivity contribution in [1.29, 1.82) is 0 Å². The highest BCUT2D eigenvalue weighted by atomic mass is 16.1. The Balaban J connectivity index is 1.59. The van der Waals surface area contributed by atoms with Crippen LogP contribution in [0, 0.1) is 6.92 Å². The minimum absolute atomic E-state index is 0.273. The van der Waals surface area contributed by atoms with Crippen molar-refractivity contribution >= 4 is 17.4 Å². The van der Waals surface area contributed by atoms with Crippen LogP contribution in [0.15, 0.2) is 60.9 Å². The van der Waals surface area contributed by atoms with Gasteiger partial charge in [-0.2, -0.15) is 0 Å². The molecule has 138 valence electrons. The van der Waals surface area contributed by atoms with Crippen LogP contribution < -0.4 is 10.6 Å². The predicted molar refractivity (Wildman–Crippen MR) is 109 cm³/mol. The van der Waals surface area contributed by atoms with Gasteiger partial charge in [-0.3, -0.25) is 4.79 Å². The normalized spacial score (nSPS) is 10.7. The van der Waals surface area contributed by atoms with Crippen LogP contribution in [0.3, 0.4) is 0 Å². The first kappa shape index (κ1) is 18.6. The Morgan fingerprint density at radius 3 is 2.37 bits per heavy atom. The van der Waals surface area contributed by atoms with Crippen LogP contribution in [0.4, 0.5) is 11.5 Å². The van der Waals surface area contributed by atoms with E-state index in [0.717, 1.165) is 5.69 Å². The van der Waals surface area contributed by atoms with E-state index < -0.39 is 0 Å². The standard InChI is InChI=1S/C22H24N4O/c1-15(2)17-8-10-19(11-9-17)26-22(27)20-13-25-21(14-23-20)24-12-18-7-5-4-6-16(18)3/h4-11,13-15H,12H2,1-3H3,(H,24,25)(H,26,27). The van der Waals surface area contributed by atoms with Gasteiger partial charge in [0.05, 0.1) is 12.4 Å². The molecule has 5 nitrogen and oxygen atoms in total. The Labute approximate surface area is 159 Å². The summed E-state index contributed by atoms with van der Waals surface area (Å²) in [4.78, 5) is 20.8. The summed E-state index contributed by atoms with van der Waals surface area (Å²) < 4.78 is 0. The fourth-order valence-electron chi connectivity index (χ4n) is 2.68. The van der Waals surface area contributed by atoms with E-state index in [9.17, 15) is 4.79 Å². The fourth-order valence-corrected chi connectivity index (χ4v) is 2.68. The summed E-state index contributed by atoms with van der Waals surface area (Å²) in [7, 11) is 0. The molecule has 0 aliphatic rings. The second-order valence-electron chi connectivity index (χ2n) is 6.80. The number of aromatic nitrogens is 2. The Morgan fingerprint density at radius 2 is 1.74 bits per heavy atom. The average Bonchev–Trinajstić information content (AvgIpc) is 2.68. The van der Waals surface area contributed by atoms with Gasteiger partial charge in [0, 0.05) is 12.2 Å². The van der Waals surface area contributed by atoms with E-state index in [1.54, 1.807) is 6.20 Å². The van der Waals surface area contributed by atoms with Crippen LogP contribution in [0.1, 0.15) is 46.9 Å². The van der Waals surface area contributed by atoms with E-state index in [1.807, 2.05) is 36.4 Å². The number of nitrogens with zero attached hydrogens (tertiary/aromatic N) is 2. The Hall–Kier alpha value is -3.21. The van der Waals surface area contributed by atoms with Crippen molar-refractivity contribution in [3.05, 3.63) is 83.3 Å². The van der Waals surface area contributed by atoms with Crippen LogP contribution in [-0.2, 0) is 6.54 Å². The molecule has 5 heteroatoms. The molecule has 0 aliphatic carbocycles. The SMILES string of the molecule is Cc1ccccc1CNc1cnc(C(=O)Nc2ccc(C(C)C)cc2)cn1. The smallest absolute Gasteiger partial charge is 0.275 e. The second-order valence-corrected chi connectivity index (χ2v) is 6.80. The van der Waals surface area contributed by atoms with Gasteiger partial charge in [0.2, 0.25) is 0 Å². The van der Waals surface area contributed by atoms with Crippen LogP contribution in [0.25, 0.3) is 0 Å². The number of carbonyl (C=O) groups excluding carboxylic acids is 1. The molecule has 2 N–H and O–H groups in total. The molecule has 0 aliphatic heterocycles. The van der Waals surface area contributed by atoms with Crippen molar-refractivity contribution in [3.63, 3.8) is 0 Å². The molecule has 2 aromatic carbocycles. The van der Waals surface area contributed by atoms with Gasteiger partial charge in [-0.05, 0) is 41.7 Å². The summed E-state index contributed by atoms with van der Waals surface area (Å²) in [5, 5.41) is 6.08. The maximum atomic E-state index is 12.3. The minimum Gasteiger partial charge on any atom is -0.365 e. The first-order valence-electron chi connectivity index (χ1n) is 9.04. The predicted octanol–water partition coefficient (Wildman–Crippen LogP) is 4.77. The third-order valence-electron chi connectivity index (χ3n) is 4.44. The lowest BCUT2D eigenvalue weighted by Gasteiger charge is -2.09. The lowest BCUT2D eigenvalue weighted by atomic mass is 10.0. The molecule has 0 spiro atoms. The summed E-state index contributed by atoms with van der Waals surface area (Å²) in [5.74, 6) is 0.821. The first-order chi connectivity index (χ1) is 13.0. The van der Waals surface area contributed by atoms with Crippen molar-refractivity contribution in [2.24, 2.45) is 0 Å². The molecular weight excluding hydrogens is 336 g/mol. The molecule has 0 unspecified atom stereocenters. The molecular formula is C22H24N4O. The van der Waals surface area contributed by atoms with Crippen molar-refractivity contribution in [2.45, 2.75) is 33.2 Å². The summed E-state index contributed by atoms with van der Waals surface area (Å²) in [5.41, 5.74) is 4.68. The maximum Gasteiger partial charge on any atom is 0.275 e. The molecule has 3 aromatic rings. The first-order valence-corrected chi connectivity index (χ1v) is 9.04. The molecule has 1 amide bonds. The molecule has 0 atom stereocenters. The number of amides is 1. The summed E-state index contributed by atoms with van der Waals surface area (Å²) in [6.07, 6.45) is 3.06. The third-order valence-corrected chi connectivity index (χ3v) is 4.44. The minimum atomic E-state index is -0.273. The largest absolute Gasteiger partial charge is 0.365 e. The summed E-state index contributed by atoms with van der Waals surface area (Å²) in [6, 6.07) is 16.0. The van der Waals surface area contributed by atoms with Gasteiger partial charge in [-0.15, -0.1) is 0 Å². The highest BCUT2D eigenvalue weighted by molar-refractivity contribution is 6.02. The zero-order chi connectivity index (χ0) is 19.2. The van der Waals surface area contributed by atoms with Gasteiger partial charge < -0.3 is 10.6 Å². The maximum absolute atomic E-state index is 12.3. The highest BCUT2D eigenvalue weighted by Gasteiger charge is 2.09. The molecule has 0 saturated carbocycles. The van der Waals surface area contributed by atoms with Gasteiger partial charge in [0.25, 0.3) is 5.91 Å². The van der Waals surface area contributed by atoms with Gasteiger partial charge in [-0.1, -0.05) is 50.2 Å². The lowest BCUT2D eigenvalue weighted by molar-refractivity contribution is 0.102. The molecule has 0 radical (unpaired) electrons. The molecule has 27 heavy (non-hydrogen) atoms. The van der Waals surface area contributed by atoms with Gasteiger partial charge in [0.1, 0.15) is 11.5 Å². The lowest BCUT2D eigenvalue weighted by Crippen LogP contribution is -2.14. The molecule has 3 rings (SSSR count). The van der Waals surface area contributed by atoms with E-state index in [1.165, 1.54) is 22.9 Å². The van der Waals surface area contributed by atoms with E-state index in [4.69, 9.17) is 0 Å². The monoisotopic (exact) mass is 360 g/mol. The van der Waals surface area contributed by atoms with E-state index in [2.05, 4.69) is 53.5 Å². The number of carbonyl (C=O) groups is 1. The topological polar surface area (TPSA) is 66.9 Å². The molecule has 1 aromatic heterocycles. The van der Waals surface area contributed by atoms with E-state index in [-0.39, 0.29) is 11.6 Å². The van der Waals surface area contributed by atoms with Gasteiger partial charge in [-0.25, -0.2) is 9.97 Å². The van der Waals surface area contributed by atoms with Crippen LogP contribution in [-0.4, -0.2) is 15.9 Å². The molecule has 0 fully saturated rings. The van der Waals surface area contributed by atoms with Crippen molar-refractivity contribution in [2.75, 3.05) is 10.6 Å². The summed E-state index contributed by atoms with van der Waals surface area (Å²) >= 11 is 0. The van der Waals surface area contributed by atoms with Crippen LogP contribution >= 0.6 is 0 Å². The molecule has 1 heterocycles. The van der Waals surface area contributed by atoms with Gasteiger partial charge >= 0.3 is 0 Å². The number of benzene rings is 2. The number of aryl methyl sites for hydroxylation is 1.